The van der Waals surface area contributed by atoms with E-state index in [1.807, 2.05) is 0 Å². The van der Waals surface area contributed by atoms with E-state index >= 15 is 0 Å². The van der Waals surface area contributed by atoms with Crippen LogP contribution in [0.15, 0.2) is 18.2 Å². The van der Waals surface area contributed by atoms with Crippen LogP contribution in [0, 0.1) is 17.7 Å². The minimum atomic E-state index is -0.382. The summed E-state index contributed by atoms with van der Waals surface area (Å²) in [5.41, 5.74) is 0.696. The molecule has 0 saturated carbocycles. The van der Waals surface area contributed by atoms with Crippen LogP contribution in [0.3, 0.4) is 0 Å². The van der Waals surface area contributed by atoms with Crippen LogP contribution in [-0.2, 0) is 4.74 Å². The number of hydrogen-bond acceptors (Lipinski definition) is 2. The van der Waals surface area contributed by atoms with Gasteiger partial charge >= 0.3 is 0 Å². The normalized spacial score (nSPS) is 18.5. The first-order valence-corrected chi connectivity index (χ1v) is 6.92. The Morgan fingerprint density at radius 2 is 2.32 bits per heavy atom. The molecule has 0 radical (unpaired) electrons. The summed E-state index contributed by atoms with van der Waals surface area (Å²) in [6, 6.07) is 4.56. The summed E-state index contributed by atoms with van der Waals surface area (Å²) in [6.07, 6.45) is 3.25. The molecular formula is C15H16ClFO2. The van der Waals surface area contributed by atoms with Gasteiger partial charge < -0.3 is 9.47 Å². The fraction of sp³-hybridized carbons (Fsp3) is 0.467. The fourth-order valence-electron chi connectivity index (χ4n) is 1.95. The average Bonchev–Trinajstić information content (AvgIpc) is 2.46. The quantitative estimate of drug-likeness (QED) is 0.625. The van der Waals surface area contributed by atoms with Crippen molar-refractivity contribution in [3.8, 4) is 17.6 Å². The van der Waals surface area contributed by atoms with Crippen molar-refractivity contribution < 1.29 is 13.9 Å². The summed E-state index contributed by atoms with van der Waals surface area (Å²) in [5, 5.41) is 0. The van der Waals surface area contributed by atoms with Crippen LogP contribution in [0.5, 0.6) is 5.75 Å². The van der Waals surface area contributed by atoms with Crippen LogP contribution in [0.25, 0.3) is 0 Å². The Hall–Kier alpha value is -1.24. The van der Waals surface area contributed by atoms with Crippen LogP contribution in [-0.4, -0.2) is 25.2 Å². The lowest BCUT2D eigenvalue weighted by Gasteiger charge is -2.22. The fourth-order valence-corrected chi connectivity index (χ4v) is 2.02. The molecule has 0 aromatic heterocycles. The second kappa shape index (κ2) is 7.37. The molecule has 0 aliphatic carbocycles. The zero-order valence-corrected chi connectivity index (χ0v) is 11.4. The lowest BCUT2D eigenvalue weighted by Crippen LogP contribution is -2.26. The molecule has 102 valence electrons. The predicted molar refractivity (Wildman–Crippen MR) is 73.1 cm³/mol. The first kappa shape index (κ1) is 14.2. The summed E-state index contributed by atoms with van der Waals surface area (Å²) >= 11 is 5.49. The molecule has 1 fully saturated rings. The average molecular weight is 283 g/mol. The first-order chi connectivity index (χ1) is 9.29. The molecule has 0 amide bonds. The number of alkyl halides is 1. The van der Waals surface area contributed by atoms with Gasteiger partial charge in [-0.15, -0.1) is 11.6 Å². The Balaban J connectivity index is 1.98. The van der Waals surface area contributed by atoms with Gasteiger partial charge in [-0.25, -0.2) is 4.39 Å². The van der Waals surface area contributed by atoms with E-state index in [0.717, 1.165) is 25.9 Å². The Kier molecular flexibility index (Phi) is 5.50. The summed E-state index contributed by atoms with van der Waals surface area (Å²) in [4.78, 5) is 0. The molecule has 1 saturated heterocycles. The molecule has 1 unspecified atom stereocenters. The largest absolute Gasteiger partial charge is 0.488 e. The highest BCUT2D eigenvalue weighted by Crippen LogP contribution is 2.20. The molecule has 4 heteroatoms. The maximum Gasteiger partial charge on any atom is 0.165 e. The molecule has 0 spiro atoms. The zero-order chi connectivity index (χ0) is 13.5. The van der Waals surface area contributed by atoms with Crippen molar-refractivity contribution in [1.82, 2.24) is 0 Å². The van der Waals surface area contributed by atoms with Gasteiger partial charge in [0.05, 0.1) is 12.0 Å². The van der Waals surface area contributed by atoms with Gasteiger partial charge in [0.15, 0.2) is 11.6 Å². The summed E-state index contributed by atoms with van der Waals surface area (Å²) in [6.45, 7) is 1.14. The number of ether oxygens (including phenoxy) is 2. The molecule has 19 heavy (non-hydrogen) atoms. The van der Waals surface area contributed by atoms with E-state index in [4.69, 9.17) is 21.1 Å². The smallest absolute Gasteiger partial charge is 0.165 e. The van der Waals surface area contributed by atoms with Crippen molar-refractivity contribution in [3.05, 3.63) is 29.6 Å². The van der Waals surface area contributed by atoms with E-state index in [2.05, 4.69) is 11.8 Å². The molecule has 0 N–H and O–H groups in total. The molecule has 1 heterocycles. The Morgan fingerprint density at radius 3 is 3.05 bits per heavy atom. The third-order valence-electron chi connectivity index (χ3n) is 2.93. The van der Waals surface area contributed by atoms with Crippen LogP contribution in [0.1, 0.15) is 24.8 Å². The number of halogens is 2. The number of rotatable bonds is 3. The Bertz CT molecular complexity index is 473. The van der Waals surface area contributed by atoms with Crippen LogP contribution < -0.4 is 4.74 Å². The van der Waals surface area contributed by atoms with E-state index in [-0.39, 0.29) is 23.6 Å². The predicted octanol–water partition coefficient (Wildman–Crippen LogP) is 3.36. The monoisotopic (exact) mass is 282 g/mol. The van der Waals surface area contributed by atoms with E-state index < -0.39 is 0 Å². The minimum absolute atomic E-state index is 0.0609. The van der Waals surface area contributed by atoms with E-state index in [9.17, 15) is 4.39 Å². The molecular weight excluding hydrogens is 267 g/mol. The van der Waals surface area contributed by atoms with Crippen LogP contribution in [0.4, 0.5) is 4.39 Å². The molecule has 1 aromatic rings. The first-order valence-electron chi connectivity index (χ1n) is 6.38. The highest BCUT2D eigenvalue weighted by molar-refractivity contribution is 6.19. The molecule has 2 nitrogen and oxygen atoms in total. The number of hydrogen-bond donors (Lipinski definition) is 0. The topological polar surface area (TPSA) is 18.5 Å². The third-order valence-corrected chi connectivity index (χ3v) is 3.06. The van der Waals surface area contributed by atoms with Crippen molar-refractivity contribution in [2.75, 3.05) is 19.1 Å². The van der Waals surface area contributed by atoms with Gasteiger partial charge in [0.2, 0.25) is 0 Å². The Labute approximate surface area is 117 Å². The van der Waals surface area contributed by atoms with Crippen molar-refractivity contribution >= 4 is 11.6 Å². The van der Waals surface area contributed by atoms with E-state index in [1.165, 1.54) is 6.07 Å². The lowest BCUT2D eigenvalue weighted by atomic mass is 10.1. The van der Waals surface area contributed by atoms with Crippen LogP contribution >= 0.6 is 11.6 Å². The summed E-state index contributed by atoms with van der Waals surface area (Å²) < 4.78 is 24.6. The Morgan fingerprint density at radius 1 is 1.42 bits per heavy atom. The van der Waals surface area contributed by atoms with E-state index in [1.54, 1.807) is 12.1 Å². The molecule has 1 aliphatic heterocycles. The maximum absolute atomic E-state index is 13.6. The van der Waals surface area contributed by atoms with Crippen molar-refractivity contribution in [1.29, 1.82) is 0 Å². The highest BCUT2D eigenvalue weighted by atomic mass is 35.5. The summed E-state index contributed by atoms with van der Waals surface area (Å²) in [5.74, 6) is 5.66. The lowest BCUT2D eigenvalue weighted by molar-refractivity contribution is -0.0117. The molecule has 0 bridgehead atoms. The van der Waals surface area contributed by atoms with Gasteiger partial charge in [-0.2, -0.15) is 0 Å². The van der Waals surface area contributed by atoms with Gasteiger partial charge in [0.1, 0.15) is 6.61 Å². The minimum Gasteiger partial charge on any atom is -0.488 e. The maximum atomic E-state index is 13.6. The van der Waals surface area contributed by atoms with Gasteiger partial charge in [0, 0.05) is 12.2 Å². The van der Waals surface area contributed by atoms with Crippen molar-refractivity contribution in [2.24, 2.45) is 0 Å². The van der Waals surface area contributed by atoms with Crippen molar-refractivity contribution in [2.45, 2.75) is 25.4 Å². The zero-order valence-electron chi connectivity index (χ0n) is 10.6. The molecule has 1 atom stereocenters. The van der Waals surface area contributed by atoms with Crippen LogP contribution in [0.2, 0.25) is 0 Å². The summed E-state index contributed by atoms with van der Waals surface area (Å²) in [7, 11) is 0. The second-order valence-electron chi connectivity index (χ2n) is 4.38. The highest BCUT2D eigenvalue weighted by Gasteiger charge is 2.15. The second-order valence-corrected chi connectivity index (χ2v) is 4.65. The molecule has 1 aliphatic rings. The van der Waals surface area contributed by atoms with E-state index in [0.29, 0.717) is 12.2 Å². The molecule has 1 aromatic carbocycles. The van der Waals surface area contributed by atoms with Crippen molar-refractivity contribution in [3.63, 3.8) is 0 Å². The third kappa shape index (κ3) is 4.41. The van der Waals surface area contributed by atoms with Gasteiger partial charge in [0.25, 0.3) is 0 Å². The van der Waals surface area contributed by atoms with Gasteiger partial charge in [-0.05, 0) is 37.5 Å². The van der Waals surface area contributed by atoms with Gasteiger partial charge in [-0.1, -0.05) is 11.8 Å². The van der Waals surface area contributed by atoms with Gasteiger partial charge in [-0.3, -0.25) is 0 Å². The SMILES string of the molecule is Fc1ccc(C#CCCl)cc1OCC1CCCCO1. The molecule has 2 rings (SSSR count). The number of benzene rings is 1. The standard InChI is InChI=1S/C15H16ClFO2/c16-8-3-4-12-6-7-14(17)15(10-12)19-11-13-5-1-2-9-18-13/h6-7,10,13H,1-2,5,8-9,11H2.